The second kappa shape index (κ2) is 7.43. The molecule has 0 bridgehead atoms. The molecule has 1 saturated heterocycles. The minimum absolute atomic E-state index is 0.0348. The molecule has 2 heterocycles. The van der Waals surface area contributed by atoms with E-state index in [0.717, 1.165) is 12.8 Å². The lowest BCUT2D eigenvalue weighted by Crippen LogP contribution is -2.49. The van der Waals surface area contributed by atoms with Crippen LogP contribution in [0.3, 0.4) is 0 Å². The molecule has 0 radical (unpaired) electrons. The zero-order chi connectivity index (χ0) is 17.0. The number of hydrogen-bond donors (Lipinski definition) is 0. The van der Waals surface area contributed by atoms with Gasteiger partial charge in [0.15, 0.2) is 5.82 Å². The van der Waals surface area contributed by atoms with Gasteiger partial charge in [0.1, 0.15) is 0 Å². The summed E-state index contributed by atoms with van der Waals surface area (Å²) < 4.78 is 4.92. The van der Waals surface area contributed by atoms with Crippen molar-refractivity contribution in [3.63, 3.8) is 0 Å². The molecule has 0 aliphatic carbocycles. The number of piperidine rings is 1. The predicted molar refractivity (Wildman–Crippen MR) is 83.8 cm³/mol. The number of aromatic nitrogens is 2. The van der Waals surface area contributed by atoms with E-state index in [-0.39, 0.29) is 17.9 Å². The Kier molecular flexibility index (Phi) is 5.57. The Hall–Kier alpha value is -2.12. The van der Waals surface area contributed by atoms with E-state index in [2.05, 4.69) is 10.1 Å². The van der Waals surface area contributed by atoms with Gasteiger partial charge in [0, 0.05) is 54.1 Å². The summed E-state index contributed by atoms with van der Waals surface area (Å²) in [5.74, 6) is 1.07. The molecule has 8 nitrogen and oxygen atoms in total. The first-order valence-electron chi connectivity index (χ1n) is 7.89. The van der Waals surface area contributed by atoms with Gasteiger partial charge in [0.2, 0.25) is 11.8 Å². The average Bonchev–Trinajstić information content (AvgIpc) is 2.96. The zero-order valence-electron chi connectivity index (χ0n) is 14.3. The number of carbonyl (C=O) groups excluding carboxylic acids is 2. The van der Waals surface area contributed by atoms with Crippen LogP contribution in [0.1, 0.15) is 24.6 Å². The highest BCUT2D eigenvalue weighted by molar-refractivity contribution is 5.80. The van der Waals surface area contributed by atoms with Gasteiger partial charge in [-0.05, 0) is 12.8 Å². The molecule has 2 rings (SSSR count). The van der Waals surface area contributed by atoms with E-state index in [1.165, 1.54) is 0 Å². The van der Waals surface area contributed by atoms with Crippen LogP contribution in [0.2, 0.25) is 0 Å². The summed E-state index contributed by atoms with van der Waals surface area (Å²) >= 11 is 0. The number of aryl methyl sites for hydroxylation is 1. The molecular weight excluding hydrogens is 298 g/mol. The van der Waals surface area contributed by atoms with E-state index in [1.807, 2.05) is 0 Å². The number of likely N-dealkylation sites (tertiary alicyclic amines) is 1. The summed E-state index contributed by atoms with van der Waals surface area (Å²) in [6.45, 7) is 3.48. The summed E-state index contributed by atoms with van der Waals surface area (Å²) in [5, 5.41) is 3.83. The Labute approximate surface area is 136 Å². The maximum Gasteiger partial charge on any atom is 0.319 e. The zero-order valence-corrected chi connectivity index (χ0v) is 14.3. The van der Waals surface area contributed by atoms with Gasteiger partial charge in [0.05, 0.1) is 5.92 Å². The van der Waals surface area contributed by atoms with Gasteiger partial charge >= 0.3 is 6.03 Å². The molecule has 0 saturated carbocycles. The van der Waals surface area contributed by atoms with Crippen LogP contribution in [-0.4, -0.2) is 77.6 Å². The fourth-order valence-electron chi connectivity index (χ4n) is 2.77. The molecule has 0 spiro atoms. The molecule has 1 aromatic heterocycles. The fourth-order valence-corrected chi connectivity index (χ4v) is 2.77. The van der Waals surface area contributed by atoms with Gasteiger partial charge in [-0.15, -0.1) is 0 Å². The second-order valence-corrected chi connectivity index (χ2v) is 6.20. The smallest absolute Gasteiger partial charge is 0.319 e. The quantitative estimate of drug-likeness (QED) is 0.817. The molecule has 0 unspecified atom stereocenters. The highest BCUT2D eigenvalue weighted by Gasteiger charge is 2.30. The Morgan fingerprint density at radius 1 is 1.35 bits per heavy atom. The van der Waals surface area contributed by atoms with Gasteiger partial charge < -0.3 is 19.2 Å². The van der Waals surface area contributed by atoms with E-state index < -0.39 is 0 Å². The summed E-state index contributed by atoms with van der Waals surface area (Å²) in [5.41, 5.74) is 0. The highest BCUT2D eigenvalue weighted by Crippen LogP contribution is 2.19. The molecule has 3 amide bonds. The van der Waals surface area contributed by atoms with E-state index >= 15 is 0 Å². The van der Waals surface area contributed by atoms with Crippen LogP contribution in [0.4, 0.5) is 4.79 Å². The lowest BCUT2D eigenvalue weighted by Gasteiger charge is -2.35. The van der Waals surface area contributed by atoms with Crippen molar-refractivity contribution in [2.75, 3.05) is 40.8 Å². The molecule has 1 aliphatic rings. The first-order chi connectivity index (χ1) is 10.9. The first-order valence-corrected chi connectivity index (χ1v) is 7.89. The molecule has 23 heavy (non-hydrogen) atoms. The van der Waals surface area contributed by atoms with Gasteiger partial charge in [-0.25, -0.2) is 4.79 Å². The minimum Gasteiger partial charge on any atom is -0.345 e. The highest BCUT2D eigenvalue weighted by atomic mass is 16.5. The van der Waals surface area contributed by atoms with Crippen LogP contribution in [0, 0.1) is 12.8 Å². The van der Waals surface area contributed by atoms with Crippen LogP contribution in [0.15, 0.2) is 4.52 Å². The lowest BCUT2D eigenvalue weighted by atomic mass is 9.96. The summed E-state index contributed by atoms with van der Waals surface area (Å²) in [6.07, 6.45) is 2.24. The Morgan fingerprint density at radius 2 is 2.09 bits per heavy atom. The number of amides is 3. The van der Waals surface area contributed by atoms with Gasteiger partial charge in [-0.2, -0.15) is 4.98 Å². The Bertz CT molecular complexity index is 557. The molecule has 0 aromatic carbocycles. The summed E-state index contributed by atoms with van der Waals surface area (Å²) in [7, 11) is 5.24. The van der Waals surface area contributed by atoms with Crippen LogP contribution in [-0.2, 0) is 11.2 Å². The van der Waals surface area contributed by atoms with Crippen molar-refractivity contribution in [2.45, 2.75) is 26.2 Å². The standard InChI is InChI=1S/C15H25N5O3/c1-11-16-13(17-23-11)7-9-19(4)14(21)12-6-5-8-20(10-12)15(22)18(2)3/h12H,5-10H2,1-4H3/t12-/m1/s1. The minimum atomic E-state index is -0.135. The largest absolute Gasteiger partial charge is 0.345 e. The van der Waals surface area contributed by atoms with E-state index in [1.54, 1.807) is 42.8 Å². The third-order valence-electron chi connectivity index (χ3n) is 4.04. The first kappa shape index (κ1) is 17.2. The van der Waals surface area contributed by atoms with Crippen LogP contribution < -0.4 is 0 Å². The molecule has 1 atom stereocenters. The van der Waals surface area contributed by atoms with E-state index in [0.29, 0.717) is 37.8 Å². The molecular formula is C15H25N5O3. The van der Waals surface area contributed by atoms with Gasteiger partial charge in [-0.3, -0.25) is 4.79 Å². The topological polar surface area (TPSA) is 82.8 Å². The third-order valence-corrected chi connectivity index (χ3v) is 4.04. The van der Waals surface area contributed by atoms with Crippen LogP contribution in [0.5, 0.6) is 0 Å². The number of urea groups is 1. The third kappa shape index (κ3) is 4.43. The molecule has 1 aliphatic heterocycles. The predicted octanol–water partition coefficient (Wildman–Crippen LogP) is 0.773. The number of nitrogens with zero attached hydrogens (tertiary/aromatic N) is 5. The molecule has 0 N–H and O–H groups in total. The molecule has 128 valence electrons. The van der Waals surface area contributed by atoms with Gasteiger partial charge in [0.25, 0.3) is 0 Å². The summed E-state index contributed by atoms with van der Waals surface area (Å²) in [6, 6.07) is -0.0348. The fraction of sp³-hybridized carbons (Fsp3) is 0.733. The van der Waals surface area contributed by atoms with Crippen molar-refractivity contribution in [3.05, 3.63) is 11.7 Å². The lowest BCUT2D eigenvalue weighted by molar-refractivity contribution is -0.135. The molecule has 8 heteroatoms. The number of hydrogen-bond acceptors (Lipinski definition) is 5. The Balaban J connectivity index is 1.87. The maximum atomic E-state index is 12.6. The number of carbonyl (C=O) groups is 2. The normalized spacial score (nSPS) is 17.9. The van der Waals surface area contributed by atoms with Crippen molar-refractivity contribution in [1.29, 1.82) is 0 Å². The maximum absolute atomic E-state index is 12.6. The van der Waals surface area contributed by atoms with E-state index in [4.69, 9.17) is 4.52 Å². The van der Waals surface area contributed by atoms with Gasteiger partial charge in [-0.1, -0.05) is 5.16 Å². The summed E-state index contributed by atoms with van der Waals surface area (Å²) in [4.78, 5) is 33.8. The monoisotopic (exact) mass is 323 g/mol. The number of likely N-dealkylation sites (N-methyl/N-ethyl adjacent to an activating group) is 1. The van der Waals surface area contributed by atoms with Crippen molar-refractivity contribution in [1.82, 2.24) is 24.8 Å². The Morgan fingerprint density at radius 3 is 2.70 bits per heavy atom. The second-order valence-electron chi connectivity index (χ2n) is 6.20. The van der Waals surface area contributed by atoms with Crippen LogP contribution >= 0.6 is 0 Å². The van der Waals surface area contributed by atoms with Crippen LogP contribution in [0.25, 0.3) is 0 Å². The molecule has 1 aromatic rings. The van der Waals surface area contributed by atoms with Crippen molar-refractivity contribution in [3.8, 4) is 0 Å². The SMILES string of the molecule is Cc1nc(CCN(C)C(=O)[C@@H]2CCCN(C(=O)N(C)C)C2)no1. The van der Waals surface area contributed by atoms with Crippen molar-refractivity contribution in [2.24, 2.45) is 5.92 Å². The van der Waals surface area contributed by atoms with Crippen molar-refractivity contribution < 1.29 is 14.1 Å². The van der Waals surface area contributed by atoms with E-state index in [9.17, 15) is 9.59 Å². The average molecular weight is 323 g/mol. The van der Waals surface area contributed by atoms with Crippen molar-refractivity contribution >= 4 is 11.9 Å². The molecule has 1 fully saturated rings. The number of rotatable bonds is 4.